The van der Waals surface area contributed by atoms with E-state index in [0.29, 0.717) is 25.2 Å². The quantitative estimate of drug-likeness (QED) is 0.757. The van der Waals surface area contributed by atoms with Gasteiger partial charge in [-0.2, -0.15) is 10.2 Å². The van der Waals surface area contributed by atoms with Gasteiger partial charge in [-0.05, 0) is 31.7 Å². The maximum absolute atomic E-state index is 12.2. The summed E-state index contributed by atoms with van der Waals surface area (Å²) in [6.45, 7) is 3.77. The number of H-pyrrole nitrogens is 1. The molecule has 3 heterocycles. The molecule has 3 rings (SSSR count). The van der Waals surface area contributed by atoms with Crippen molar-refractivity contribution in [1.82, 2.24) is 29.9 Å². The molecule has 23 heavy (non-hydrogen) atoms. The summed E-state index contributed by atoms with van der Waals surface area (Å²) in [5, 5.41) is 14.0. The number of carbonyl (C=O) groups is 1. The zero-order valence-corrected chi connectivity index (χ0v) is 13.3. The van der Waals surface area contributed by atoms with Crippen LogP contribution in [0.25, 0.3) is 0 Å². The van der Waals surface area contributed by atoms with Crippen LogP contribution in [0.3, 0.4) is 0 Å². The van der Waals surface area contributed by atoms with Gasteiger partial charge in [0.1, 0.15) is 11.5 Å². The number of nitrogens with one attached hydrogen (secondary N) is 2. The fourth-order valence-electron chi connectivity index (χ4n) is 2.77. The van der Waals surface area contributed by atoms with Gasteiger partial charge in [0.2, 0.25) is 0 Å². The topological polar surface area (TPSA) is 97.6 Å². The molecule has 0 radical (unpaired) electrons. The third-order valence-corrected chi connectivity index (χ3v) is 4.11. The maximum atomic E-state index is 12.2. The highest BCUT2D eigenvalue weighted by Crippen LogP contribution is 2.09. The van der Waals surface area contributed by atoms with E-state index in [-0.39, 0.29) is 11.6 Å². The monoisotopic (exact) mass is 318 g/mol. The summed E-state index contributed by atoms with van der Waals surface area (Å²) in [5.74, 6) is 0.686. The Kier molecular flexibility index (Phi) is 4.59. The van der Waals surface area contributed by atoms with E-state index in [1.165, 1.54) is 4.68 Å². The van der Waals surface area contributed by atoms with E-state index in [1.807, 2.05) is 6.92 Å². The number of carbonyl (C=O) groups excluding carboxylic acids is 1. The molecule has 2 N–H and O–H groups in total. The fourth-order valence-corrected chi connectivity index (χ4v) is 2.77. The second-order valence-electron chi connectivity index (χ2n) is 5.77. The molecule has 0 bridgehead atoms. The van der Waals surface area contributed by atoms with Crippen LogP contribution in [-0.4, -0.2) is 37.0 Å². The lowest BCUT2D eigenvalue weighted by Crippen LogP contribution is -2.29. The third-order valence-electron chi connectivity index (χ3n) is 4.11. The highest BCUT2D eigenvalue weighted by Gasteiger charge is 2.16. The summed E-state index contributed by atoms with van der Waals surface area (Å²) in [5.41, 5.74) is 1.30. The molecule has 124 valence electrons. The predicted octanol–water partition coefficient (Wildman–Crippen LogP) is 0.487. The molecule has 1 amide bonds. The van der Waals surface area contributed by atoms with Crippen molar-refractivity contribution in [2.24, 2.45) is 0 Å². The van der Waals surface area contributed by atoms with Gasteiger partial charge in [0.05, 0.1) is 0 Å². The molecule has 0 spiro atoms. The number of aryl methyl sites for hydroxylation is 3. The summed E-state index contributed by atoms with van der Waals surface area (Å²) in [6.07, 6.45) is 4.48. The molecule has 1 aliphatic rings. The predicted molar refractivity (Wildman–Crippen MR) is 84.3 cm³/mol. The standard InChI is InChI=1S/C15H22N6O2/c1-2-11-10-12(18-17-11)14(22)16-7-5-9-21-15(23)20-8-4-3-6-13(20)19-21/h10H,2-9H2,1H3,(H,16,22)(H,17,18). The largest absolute Gasteiger partial charge is 0.351 e. The first-order chi connectivity index (χ1) is 11.2. The number of aromatic nitrogens is 5. The summed E-state index contributed by atoms with van der Waals surface area (Å²) >= 11 is 0. The van der Waals surface area contributed by atoms with Crippen LogP contribution in [0, 0.1) is 0 Å². The zero-order chi connectivity index (χ0) is 16.2. The van der Waals surface area contributed by atoms with Crippen molar-refractivity contribution in [1.29, 1.82) is 0 Å². The normalized spacial score (nSPS) is 13.8. The van der Waals surface area contributed by atoms with Crippen LogP contribution < -0.4 is 11.0 Å². The average Bonchev–Trinajstić information content (AvgIpc) is 3.17. The molecule has 0 atom stereocenters. The van der Waals surface area contributed by atoms with Gasteiger partial charge >= 0.3 is 5.69 Å². The van der Waals surface area contributed by atoms with Gasteiger partial charge < -0.3 is 5.32 Å². The Labute approximate surface area is 133 Å². The van der Waals surface area contributed by atoms with Crippen molar-refractivity contribution >= 4 is 5.91 Å². The second-order valence-corrected chi connectivity index (χ2v) is 5.77. The minimum absolute atomic E-state index is 0.0362. The zero-order valence-electron chi connectivity index (χ0n) is 13.3. The molecular formula is C15H22N6O2. The van der Waals surface area contributed by atoms with Gasteiger partial charge in [-0.3, -0.25) is 14.5 Å². The summed E-state index contributed by atoms with van der Waals surface area (Å²) in [6, 6.07) is 1.75. The minimum Gasteiger partial charge on any atom is -0.351 e. The molecule has 0 saturated heterocycles. The van der Waals surface area contributed by atoms with Crippen molar-refractivity contribution in [3.8, 4) is 0 Å². The summed E-state index contributed by atoms with van der Waals surface area (Å²) in [4.78, 5) is 24.1. The van der Waals surface area contributed by atoms with Crippen molar-refractivity contribution < 1.29 is 4.79 Å². The highest BCUT2D eigenvalue weighted by molar-refractivity contribution is 5.92. The molecule has 0 unspecified atom stereocenters. The number of amides is 1. The summed E-state index contributed by atoms with van der Waals surface area (Å²) < 4.78 is 3.27. The smallest absolute Gasteiger partial charge is 0.345 e. The van der Waals surface area contributed by atoms with Gasteiger partial charge in [0.25, 0.3) is 5.91 Å². The molecule has 8 nitrogen and oxygen atoms in total. The molecule has 0 fully saturated rings. The minimum atomic E-state index is -0.197. The van der Waals surface area contributed by atoms with Crippen LogP contribution >= 0.6 is 0 Å². The van der Waals surface area contributed by atoms with E-state index in [1.54, 1.807) is 10.6 Å². The maximum Gasteiger partial charge on any atom is 0.345 e. The van der Waals surface area contributed by atoms with Crippen LogP contribution in [0.2, 0.25) is 0 Å². The van der Waals surface area contributed by atoms with Crippen LogP contribution in [0.5, 0.6) is 0 Å². The summed E-state index contributed by atoms with van der Waals surface area (Å²) in [7, 11) is 0. The van der Waals surface area contributed by atoms with Crippen molar-refractivity contribution in [3.63, 3.8) is 0 Å². The molecule has 1 aliphatic heterocycles. The molecule has 0 aliphatic carbocycles. The highest BCUT2D eigenvalue weighted by atomic mass is 16.2. The average molecular weight is 318 g/mol. The van der Waals surface area contributed by atoms with Crippen molar-refractivity contribution in [3.05, 3.63) is 33.8 Å². The number of hydrogen-bond donors (Lipinski definition) is 2. The molecule has 8 heteroatoms. The van der Waals surface area contributed by atoms with Gasteiger partial charge in [-0.15, -0.1) is 0 Å². The van der Waals surface area contributed by atoms with E-state index in [9.17, 15) is 9.59 Å². The van der Waals surface area contributed by atoms with Gasteiger partial charge in [-0.25, -0.2) is 9.48 Å². The van der Waals surface area contributed by atoms with E-state index in [4.69, 9.17) is 0 Å². The lowest BCUT2D eigenvalue weighted by Gasteiger charge is -2.09. The van der Waals surface area contributed by atoms with Gasteiger partial charge in [-0.1, -0.05) is 6.92 Å². The number of hydrogen-bond acceptors (Lipinski definition) is 4. The molecular weight excluding hydrogens is 296 g/mol. The first-order valence-electron chi connectivity index (χ1n) is 8.18. The van der Waals surface area contributed by atoms with Crippen LogP contribution in [0.4, 0.5) is 0 Å². The van der Waals surface area contributed by atoms with Crippen LogP contribution in [0.1, 0.15) is 48.2 Å². The molecule has 2 aromatic heterocycles. The van der Waals surface area contributed by atoms with E-state index in [0.717, 1.165) is 43.7 Å². The molecule has 0 saturated carbocycles. The Hall–Kier alpha value is -2.38. The Morgan fingerprint density at radius 3 is 3.04 bits per heavy atom. The number of nitrogens with zero attached hydrogens (tertiary/aromatic N) is 4. The van der Waals surface area contributed by atoms with E-state index >= 15 is 0 Å². The Morgan fingerprint density at radius 2 is 2.30 bits per heavy atom. The number of rotatable bonds is 6. The Bertz CT molecular complexity index is 741. The van der Waals surface area contributed by atoms with Gasteiger partial charge in [0, 0.05) is 31.7 Å². The SMILES string of the molecule is CCc1cc(C(=O)NCCCn2nc3n(c2=O)CCCC3)n[nH]1. The molecule has 2 aromatic rings. The van der Waals surface area contributed by atoms with Crippen LogP contribution in [-0.2, 0) is 25.9 Å². The first kappa shape index (κ1) is 15.5. The molecule has 0 aromatic carbocycles. The lowest BCUT2D eigenvalue weighted by molar-refractivity contribution is 0.0947. The van der Waals surface area contributed by atoms with Crippen LogP contribution in [0.15, 0.2) is 10.9 Å². The Balaban J connectivity index is 1.49. The Morgan fingerprint density at radius 1 is 1.43 bits per heavy atom. The number of fused-ring (bicyclic) bond motifs is 1. The van der Waals surface area contributed by atoms with Gasteiger partial charge in [0.15, 0.2) is 0 Å². The lowest BCUT2D eigenvalue weighted by atomic mass is 10.2. The second kappa shape index (κ2) is 6.80. The third kappa shape index (κ3) is 3.35. The fraction of sp³-hybridized carbons (Fsp3) is 0.600. The van der Waals surface area contributed by atoms with E-state index < -0.39 is 0 Å². The van der Waals surface area contributed by atoms with E-state index in [2.05, 4.69) is 20.6 Å². The van der Waals surface area contributed by atoms with Crippen molar-refractivity contribution in [2.45, 2.75) is 52.1 Å². The van der Waals surface area contributed by atoms with Crippen molar-refractivity contribution in [2.75, 3.05) is 6.54 Å². The first-order valence-corrected chi connectivity index (χ1v) is 8.18. The number of aromatic amines is 1.